The Morgan fingerprint density at radius 3 is 2.17 bits per heavy atom. The van der Waals surface area contributed by atoms with Gasteiger partial charge in [0.2, 0.25) is 0 Å². The molecule has 190 valence electrons. The van der Waals surface area contributed by atoms with Gasteiger partial charge in [-0.25, -0.2) is 13.8 Å². The Balaban J connectivity index is 1.86. The largest absolute Gasteiger partial charge is 0.493 e. The van der Waals surface area contributed by atoms with E-state index in [1.54, 1.807) is 62.6 Å². The summed E-state index contributed by atoms with van der Waals surface area (Å²) < 4.78 is 38.6. The minimum Gasteiger partial charge on any atom is -0.493 e. The Bertz CT molecular complexity index is 1320. The third-order valence-electron chi connectivity index (χ3n) is 5.62. The number of hydrazone groups is 1. The number of nitrogens with zero attached hydrogens (tertiary/aromatic N) is 2. The molecule has 0 spiro atoms. The number of anilines is 1. The molecule has 9 heteroatoms. The van der Waals surface area contributed by atoms with E-state index >= 15 is 0 Å². The van der Waals surface area contributed by atoms with Crippen molar-refractivity contribution < 1.29 is 22.7 Å². The molecule has 0 saturated heterocycles. The van der Waals surface area contributed by atoms with Gasteiger partial charge < -0.3 is 9.47 Å². The fourth-order valence-electron chi connectivity index (χ4n) is 3.50. The van der Waals surface area contributed by atoms with Crippen LogP contribution in [0.25, 0.3) is 0 Å². The number of sulfonamides is 1. The average molecular weight is 510 g/mol. The van der Waals surface area contributed by atoms with Crippen LogP contribution in [0.4, 0.5) is 5.69 Å². The Kier molecular flexibility index (Phi) is 8.71. The summed E-state index contributed by atoms with van der Waals surface area (Å²) in [6, 6.07) is 20.4. The summed E-state index contributed by atoms with van der Waals surface area (Å²) in [5.41, 5.74) is 5.15. The quantitative estimate of drug-likeness (QED) is 0.319. The fourth-order valence-corrected chi connectivity index (χ4v) is 4.94. The Morgan fingerprint density at radius 2 is 1.58 bits per heavy atom. The Hall–Kier alpha value is -3.85. The van der Waals surface area contributed by atoms with Crippen LogP contribution in [0.2, 0.25) is 0 Å². The number of carbonyl (C=O) groups excluding carboxylic acids is 1. The molecule has 3 rings (SSSR count). The molecule has 3 aromatic rings. The van der Waals surface area contributed by atoms with Crippen molar-refractivity contribution in [1.29, 1.82) is 0 Å². The van der Waals surface area contributed by atoms with Crippen molar-refractivity contribution in [2.75, 3.05) is 25.1 Å². The topological polar surface area (TPSA) is 97.3 Å². The number of hydrogen-bond donors (Lipinski definition) is 1. The maximum atomic E-state index is 13.5. The molecule has 0 aliphatic rings. The normalized spacial score (nSPS) is 11.8. The molecule has 1 N–H and O–H groups in total. The lowest BCUT2D eigenvalue weighted by Gasteiger charge is -2.24. The van der Waals surface area contributed by atoms with Gasteiger partial charge in [0, 0.05) is 5.56 Å². The molecule has 0 fully saturated rings. The number of benzene rings is 3. The van der Waals surface area contributed by atoms with Crippen LogP contribution >= 0.6 is 0 Å². The van der Waals surface area contributed by atoms with Crippen LogP contribution in [-0.2, 0) is 14.8 Å². The van der Waals surface area contributed by atoms with Crippen LogP contribution in [0.5, 0.6) is 11.5 Å². The number of amides is 1. The van der Waals surface area contributed by atoms with Gasteiger partial charge in [0.1, 0.15) is 6.54 Å². The van der Waals surface area contributed by atoms with Crippen molar-refractivity contribution in [3.8, 4) is 11.5 Å². The fraction of sp³-hybridized carbons (Fsp3) is 0.259. The summed E-state index contributed by atoms with van der Waals surface area (Å²) in [4.78, 5) is 13.0. The van der Waals surface area contributed by atoms with Crippen molar-refractivity contribution in [3.05, 3.63) is 83.9 Å². The molecule has 0 saturated carbocycles. The summed E-state index contributed by atoms with van der Waals surface area (Å²) >= 11 is 0. The van der Waals surface area contributed by atoms with Crippen molar-refractivity contribution in [3.63, 3.8) is 0 Å². The lowest BCUT2D eigenvalue weighted by atomic mass is 10.0. The van der Waals surface area contributed by atoms with Gasteiger partial charge in [0.25, 0.3) is 15.9 Å². The maximum Gasteiger partial charge on any atom is 0.264 e. The zero-order chi connectivity index (χ0) is 26.3. The smallest absolute Gasteiger partial charge is 0.264 e. The van der Waals surface area contributed by atoms with E-state index in [9.17, 15) is 13.2 Å². The molecule has 0 atom stereocenters. The molecule has 0 heterocycles. The predicted octanol–water partition coefficient (Wildman–Crippen LogP) is 4.56. The zero-order valence-electron chi connectivity index (χ0n) is 21.1. The third-order valence-corrected chi connectivity index (χ3v) is 7.40. The average Bonchev–Trinajstić information content (AvgIpc) is 2.90. The number of carbonyl (C=O) groups is 1. The first kappa shape index (κ1) is 26.7. The Morgan fingerprint density at radius 1 is 0.944 bits per heavy atom. The van der Waals surface area contributed by atoms with Crippen LogP contribution in [0, 0.1) is 0 Å². The van der Waals surface area contributed by atoms with Crippen LogP contribution in [0.3, 0.4) is 0 Å². The highest BCUT2D eigenvalue weighted by atomic mass is 32.2. The van der Waals surface area contributed by atoms with Gasteiger partial charge in [-0.05, 0) is 60.9 Å². The number of rotatable bonds is 10. The highest BCUT2D eigenvalue weighted by Gasteiger charge is 2.27. The number of hydrogen-bond acceptors (Lipinski definition) is 6. The van der Waals surface area contributed by atoms with E-state index in [0.29, 0.717) is 28.5 Å². The standard InChI is InChI=1S/C27H31N3O5S/c1-19(2)21-11-14-23(15-12-21)30(36(32,33)24-9-7-6-8-10-24)18-27(31)29-28-20(3)22-13-16-25(34-4)26(17-22)35-5/h6-17,19H,18H2,1-5H3,(H,29,31)/b28-20-. The zero-order valence-corrected chi connectivity index (χ0v) is 21.9. The third kappa shape index (κ3) is 6.23. The van der Waals surface area contributed by atoms with Gasteiger partial charge in [0.15, 0.2) is 11.5 Å². The van der Waals surface area contributed by atoms with Gasteiger partial charge in [-0.15, -0.1) is 0 Å². The first-order valence-electron chi connectivity index (χ1n) is 11.4. The SMILES string of the molecule is COc1ccc(/C(C)=N\NC(=O)CN(c2ccc(C(C)C)cc2)S(=O)(=O)c2ccccc2)cc1OC. The van der Waals surface area contributed by atoms with E-state index in [1.807, 2.05) is 12.1 Å². The van der Waals surface area contributed by atoms with Crippen molar-refractivity contribution in [2.45, 2.75) is 31.6 Å². The molecule has 36 heavy (non-hydrogen) atoms. The molecular formula is C27H31N3O5S. The first-order valence-corrected chi connectivity index (χ1v) is 12.8. The van der Waals surface area contributed by atoms with E-state index in [0.717, 1.165) is 9.87 Å². The monoisotopic (exact) mass is 509 g/mol. The molecule has 0 aliphatic carbocycles. The molecule has 1 amide bonds. The molecule has 0 radical (unpaired) electrons. The minimum absolute atomic E-state index is 0.0933. The van der Waals surface area contributed by atoms with Crippen molar-refractivity contribution in [1.82, 2.24) is 5.43 Å². The Labute approximate surface area is 212 Å². The van der Waals surface area contributed by atoms with Gasteiger partial charge in [-0.2, -0.15) is 5.10 Å². The molecule has 0 bridgehead atoms. The van der Waals surface area contributed by atoms with Crippen LogP contribution < -0.4 is 19.2 Å². The summed E-state index contributed by atoms with van der Waals surface area (Å²) in [6.45, 7) is 5.39. The second kappa shape index (κ2) is 11.7. The molecule has 0 unspecified atom stereocenters. The van der Waals surface area contributed by atoms with Gasteiger partial charge in [0.05, 0.1) is 30.5 Å². The van der Waals surface area contributed by atoms with Crippen LogP contribution in [0.15, 0.2) is 82.8 Å². The summed E-state index contributed by atoms with van der Waals surface area (Å²) in [6.07, 6.45) is 0. The van der Waals surface area contributed by atoms with Crippen molar-refractivity contribution >= 4 is 27.3 Å². The van der Waals surface area contributed by atoms with Crippen molar-refractivity contribution in [2.24, 2.45) is 5.10 Å². The second-order valence-corrected chi connectivity index (χ2v) is 10.2. The number of nitrogens with one attached hydrogen (secondary N) is 1. The molecular weight excluding hydrogens is 478 g/mol. The molecule has 0 aliphatic heterocycles. The predicted molar refractivity (Wildman–Crippen MR) is 141 cm³/mol. The number of methoxy groups -OCH3 is 2. The van der Waals surface area contributed by atoms with Crippen LogP contribution in [0.1, 0.15) is 37.8 Å². The second-order valence-electron chi connectivity index (χ2n) is 8.37. The highest BCUT2D eigenvalue weighted by Crippen LogP contribution is 2.28. The highest BCUT2D eigenvalue weighted by molar-refractivity contribution is 7.92. The van der Waals surface area contributed by atoms with Gasteiger partial charge in [-0.1, -0.05) is 44.2 Å². The van der Waals surface area contributed by atoms with E-state index < -0.39 is 22.5 Å². The minimum atomic E-state index is -4.00. The molecule has 8 nitrogen and oxygen atoms in total. The van der Waals surface area contributed by atoms with E-state index in [4.69, 9.17) is 9.47 Å². The summed E-state index contributed by atoms with van der Waals surface area (Å²) in [5.74, 6) is 0.807. The van der Waals surface area contributed by atoms with Gasteiger partial charge >= 0.3 is 0 Å². The van der Waals surface area contributed by atoms with Crippen LogP contribution in [-0.4, -0.2) is 40.8 Å². The van der Waals surface area contributed by atoms with E-state index in [2.05, 4.69) is 24.4 Å². The molecule has 0 aromatic heterocycles. The first-order chi connectivity index (χ1) is 17.2. The maximum absolute atomic E-state index is 13.5. The summed E-state index contributed by atoms with van der Waals surface area (Å²) in [7, 11) is -0.917. The molecule has 3 aromatic carbocycles. The van der Waals surface area contributed by atoms with Gasteiger partial charge in [-0.3, -0.25) is 9.10 Å². The summed E-state index contributed by atoms with van der Waals surface area (Å²) in [5, 5.41) is 4.16. The lowest BCUT2D eigenvalue weighted by Crippen LogP contribution is -2.39. The van der Waals surface area contributed by atoms with E-state index in [1.165, 1.54) is 19.2 Å². The lowest BCUT2D eigenvalue weighted by molar-refractivity contribution is -0.119. The van der Waals surface area contributed by atoms with E-state index in [-0.39, 0.29) is 10.8 Å². The number of ether oxygens (including phenoxy) is 2.